The van der Waals surface area contributed by atoms with Crippen LogP contribution >= 0.6 is 0 Å². The van der Waals surface area contributed by atoms with Crippen molar-refractivity contribution in [1.29, 1.82) is 0 Å². The molecule has 0 heterocycles. The number of ether oxygens (including phenoxy) is 1. The fourth-order valence-electron chi connectivity index (χ4n) is 3.71. The second-order valence-electron chi connectivity index (χ2n) is 7.05. The Bertz CT molecular complexity index is 517. The van der Waals surface area contributed by atoms with Crippen LogP contribution in [-0.4, -0.2) is 40.6 Å². The molecule has 1 fully saturated rings. The molecule has 1 aliphatic carbocycles. The molecule has 0 aromatic heterocycles. The molecule has 1 aromatic carbocycles. The van der Waals surface area contributed by atoms with Crippen LogP contribution in [0.3, 0.4) is 0 Å². The topological polar surface area (TPSA) is 46.5 Å². The molecule has 0 bridgehead atoms. The van der Waals surface area contributed by atoms with Crippen LogP contribution in [0.25, 0.3) is 0 Å². The standard InChI is InChI=1S/C19H28O3.Al.Li.4H/c1-4-22-17(20)19(21,16-12-8-9-13-16)14-18(2,3)15-10-6-5-7-11-15;;;;;;/h5-7,10-11,16,21H,4,8-9,12-14H2,1-3H3;;;;;;/q;+3;+1;4*-1. The molecule has 3 nitrogen and oxygen atoms in total. The van der Waals surface area contributed by atoms with Gasteiger partial charge in [0.05, 0.1) is 6.61 Å². The fourth-order valence-corrected chi connectivity index (χ4v) is 3.71. The first-order valence-corrected chi connectivity index (χ1v) is 8.35. The molecular weight excluding hydrogens is 310 g/mol. The van der Waals surface area contributed by atoms with Crippen molar-refractivity contribution < 1.29 is 39.2 Å². The van der Waals surface area contributed by atoms with E-state index in [4.69, 9.17) is 4.74 Å². The Balaban J connectivity index is -0.000000294. The van der Waals surface area contributed by atoms with Crippen molar-refractivity contribution in [1.82, 2.24) is 0 Å². The Kier molecular flexibility index (Phi) is 9.96. The summed E-state index contributed by atoms with van der Waals surface area (Å²) in [6, 6.07) is 10.1. The average Bonchev–Trinajstić information content (AvgIpc) is 3.03. The number of aliphatic hydroxyl groups is 1. The van der Waals surface area contributed by atoms with Gasteiger partial charge in [0.2, 0.25) is 0 Å². The van der Waals surface area contributed by atoms with Gasteiger partial charge in [-0.2, -0.15) is 0 Å². The van der Waals surface area contributed by atoms with Crippen LogP contribution in [0.15, 0.2) is 30.3 Å². The summed E-state index contributed by atoms with van der Waals surface area (Å²) < 4.78 is 5.21. The summed E-state index contributed by atoms with van der Waals surface area (Å²) >= 11 is 0. The molecule has 1 saturated carbocycles. The molecule has 0 saturated heterocycles. The zero-order valence-electron chi connectivity index (χ0n) is 19.5. The molecule has 1 aliphatic rings. The van der Waals surface area contributed by atoms with Crippen molar-refractivity contribution >= 4 is 23.3 Å². The Morgan fingerprint density at radius 2 is 1.79 bits per heavy atom. The first kappa shape index (κ1) is 23.8. The summed E-state index contributed by atoms with van der Waals surface area (Å²) in [6.07, 6.45) is 4.37. The molecule has 24 heavy (non-hydrogen) atoms. The van der Waals surface area contributed by atoms with Crippen LogP contribution in [0.5, 0.6) is 0 Å². The van der Waals surface area contributed by atoms with E-state index in [1.54, 1.807) is 6.92 Å². The van der Waals surface area contributed by atoms with Crippen LogP contribution in [-0.2, 0) is 14.9 Å². The average molecular weight is 342 g/mol. The van der Waals surface area contributed by atoms with Gasteiger partial charge in [0.1, 0.15) is 0 Å². The predicted octanol–water partition coefficient (Wildman–Crippen LogP) is 0.912. The van der Waals surface area contributed by atoms with Crippen molar-refractivity contribution in [2.24, 2.45) is 5.92 Å². The van der Waals surface area contributed by atoms with E-state index in [9.17, 15) is 9.90 Å². The summed E-state index contributed by atoms with van der Waals surface area (Å²) in [6.45, 7) is 6.26. The van der Waals surface area contributed by atoms with Crippen molar-refractivity contribution in [2.45, 2.75) is 63.9 Å². The van der Waals surface area contributed by atoms with E-state index in [0.717, 1.165) is 31.2 Å². The third kappa shape index (κ3) is 5.39. The first-order valence-electron chi connectivity index (χ1n) is 8.35. The fraction of sp³-hybridized carbons (Fsp3) is 0.632. The maximum atomic E-state index is 12.5. The van der Waals surface area contributed by atoms with Crippen molar-refractivity contribution in [3.05, 3.63) is 35.9 Å². The Morgan fingerprint density at radius 1 is 1.25 bits per heavy atom. The summed E-state index contributed by atoms with van der Waals surface area (Å²) in [7, 11) is 0. The van der Waals surface area contributed by atoms with E-state index in [1.807, 2.05) is 18.2 Å². The molecule has 5 heteroatoms. The van der Waals surface area contributed by atoms with Crippen LogP contribution in [0.1, 0.15) is 64.1 Å². The zero-order valence-corrected chi connectivity index (χ0v) is 16.7. The van der Waals surface area contributed by atoms with Crippen LogP contribution < -0.4 is 18.9 Å². The molecule has 1 atom stereocenters. The Labute approximate surface area is 174 Å². The minimum Gasteiger partial charge on any atom is -1.00 e. The molecule has 0 radical (unpaired) electrons. The van der Waals surface area contributed by atoms with E-state index in [1.165, 1.54) is 0 Å². The molecule has 1 unspecified atom stereocenters. The number of rotatable bonds is 6. The van der Waals surface area contributed by atoms with Gasteiger partial charge in [-0.1, -0.05) is 57.0 Å². The molecule has 0 spiro atoms. The van der Waals surface area contributed by atoms with Gasteiger partial charge in [-0.25, -0.2) is 4.79 Å². The maximum absolute atomic E-state index is 12.5. The molecule has 2 rings (SSSR count). The number of carbonyl (C=O) groups is 1. The summed E-state index contributed by atoms with van der Waals surface area (Å²) in [5.74, 6) is -0.444. The van der Waals surface area contributed by atoms with Gasteiger partial charge >= 0.3 is 42.2 Å². The maximum Gasteiger partial charge on any atom is 3.00 e. The summed E-state index contributed by atoms with van der Waals surface area (Å²) in [4.78, 5) is 12.5. The minimum atomic E-state index is -1.38. The van der Waals surface area contributed by atoms with Gasteiger partial charge in [0, 0.05) is 0 Å². The quantitative estimate of drug-likeness (QED) is 0.618. The number of esters is 1. The number of benzene rings is 1. The van der Waals surface area contributed by atoms with E-state index in [2.05, 4.69) is 26.0 Å². The Morgan fingerprint density at radius 3 is 2.29 bits per heavy atom. The summed E-state index contributed by atoms with van der Waals surface area (Å²) in [5.41, 5.74) is -0.535. The Hall–Kier alpha value is -0.220. The van der Waals surface area contributed by atoms with Gasteiger partial charge in [-0.05, 0) is 43.1 Å². The first-order chi connectivity index (χ1) is 10.4. The molecule has 1 aromatic rings. The number of carbonyl (C=O) groups excluding carboxylic acids is 1. The SMILES string of the molecule is CCOC(=O)C(O)(CC(C)(C)c1ccccc1)C1CCCC1.[Al+3].[H-].[H-].[H-].[H-].[Li+]. The van der Waals surface area contributed by atoms with Crippen LogP contribution in [0.4, 0.5) is 0 Å². The van der Waals surface area contributed by atoms with E-state index in [-0.39, 0.29) is 53.3 Å². The summed E-state index contributed by atoms with van der Waals surface area (Å²) in [5, 5.41) is 11.2. The second-order valence-corrected chi connectivity index (χ2v) is 7.05. The van der Waals surface area contributed by atoms with Crippen molar-refractivity contribution in [3.63, 3.8) is 0 Å². The molecular formula is C19H32AlLiO3. The molecule has 0 amide bonds. The molecule has 1 N–H and O–H groups in total. The van der Waals surface area contributed by atoms with Crippen LogP contribution in [0.2, 0.25) is 0 Å². The molecule has 0 aliphatic heterocycles. The minimum absolute atomic E-state index is 0. The van der Waals surface area contributed by atoms with E-state index in [0.29, 0.717) is 13.0 Å². The normalized spacial score (nSPS) is 17.3. The van der Waals surface area contributed by atoms with Crippen LogP contribution in [0, 0.1) is 5.92 Å². The van der Waals surface area contributed by atoms with Crippen molar-refractivity contribution in [2.75, 3.05) is 6.61 Å². The number of hydrogen-bond acceptors (Lipinski definition) is 3. The largest absolute Gasteiger partial charge is 3.00 e. The monoisotopic (exact) mass is 342 g/mol. The van der Waals surface area contributed by atoms with Crippen molar-refractivity contribution in [3.8, 4) is 0 Å². The third-order valence-corrected chi connectivity index (χ3v) is 4.93. The third-order valence-electron chi connectivity index (χ3n) is 4.93. The van der Waals surface area contributed by atoms with Gasteiger partial charge in [-0.3, -0.25) is 0 Å². The predicted molar refractivity (Wildman–Crippen MR) is 97.8 cm³/mol. The van der Waals surface area contributed by atoms with Gasteiger partial charge < -0.3 is 15.5 Å². The van der Waals surface area contributed by atoms with Gasteiger partial charge in [0.25, 0.3) is 0 Å². The van der Waals surface area contributed by atoms with Gasteiger partial charge in [0.15, 0.2) is 5.60 Å². The smallest absolute Gasteiger partial charge is 1.00 e. The molecule has 130 valence electrons. The van der Waals surface area contributed by atoms with E-state index >= 15 is 0 Å². The second kappa shape index (κ2) is 10.1. The van der Waals surface area contributed by atoms with Gasteiger partial charge in [-0.15, -0.1) is 0 Å². The number of hydrogen-bond donors (Lipinski definition) is 1. The zero-order chi connectivity index (χ0) is 16.2. The van der Waals surface area contributed by atoms with E-state index < -0.39 is 11.6 Å².